The summed E-state index contributed by atoms with van der Waals surface area (Å²) in [4.78, 5) is 9.87. The summed E-state index contributed by atoms with van der Waals surface area (Å²) in [5.41, 5.74) is 2.66. The van der Waals surface area contributed by atoms with Crippen molar-refractivity contribution in [1.82, 2.24) is 15.1 Å². The number of rotatable bonds is 6. The Morgan fingerprint density at radius 1 is 1.00 bits per heavy atom. The Morgan fingerprint density at radius 2 is 1.74 bits per heavy atom. The van der Waals surface area contributed by atoms with E-state index in [2.05, 4.69) is 53.2 Å². The zero-order valence-electron chi connectivity index (χ0n) is 19.4. The molecule has 3 aliphatic heterocycles. The maximum atomic E-state index is 6.01. The minimum Gasteiger partial charge on any atom is -0.375 e. The number of morpholine rings is 1. The van der Waals surface area contributed by atoms with Gasteiger partial charge in [-0.15, -0.1) is 0 Å². The molecular formula is C25H40N4O2. The van der Waals surface area contributed by atoms with Crippen LogP contribution < -0.4 is 5.32 Å². The molecule has 0 bridgehead atoms. The molecule has 0 aromatic heterocycles. The van der Waals surface area contributed by atoms with E-state index in [4.69, 9.17) is 14.5 Å². The SMILES string of the molecule is CCNC(=NCc1ccc(CN2CCC(C)CC2)cc1)N1CCOC(C2CCCO2)C1. The van der Waals surface area contributed by atoms with Gasteiger partial charge in [0.15, 0.2) is 5.96 Å². The van der Waals surface area contributed by atoms with Crippen molar-refractivity contribution in [2.24, 2.45) is 10.9 Å². The second-order valence-electron chi connectivity index (χ2n) is 9.35. The number of piperidine rings is 1. The Morgan fingerprint density at radius 3 is 2.45 bits per heavy atom. The van der Waals surface area contributed by atoms with Gasteiger partial charge in [0.1, 0.15) is 6.10 Å². The number of hydrogen-bond donors (Lipinski definition) is 1. The summed E-state index contributed by atoms with van der Waals surface area (Å²) in [5, 5.41) is 3.48. The zero-order valence-corrected chi connectivity index (χ0v) is 19.4. The molecule has 4 rings (SSSR count). The number of ether oxygens (including phenoxy) is 2. The van der Waals surface area contributed by atoms with Crippen molar-refractivity contribution in [3.05, 3.63) is 35.4 Å². The summed E-state index contributed by atoms with van der Waals surface area (Å²) in [6.07, 6.45) is 5.30. The fourth-order valence-electron chi connectivity index (χ4n) is 4.81. The van der Waals surface area contributed by atoms with Crippen molar-refractivity contribution in [2.45, 2.75) is 64.8 Å². The molecule has 0 aliphatic carbocycles. The highest BCUT2D eigenvalue weighted by molar-refractivity contribution is 5.80. The molecule has 172 valence electrons. The maximum absolute atomic E-state index is 6.01. The van der Waals surface area contributed by atoms with Crippen molar-refractivity contribution >= 4 is 5.96 Å². The lowest BCUT2D eigenvalue weighted by molar-refractivity contribution is -0.0817. The zero-order chi connectivity index (χ0) is 21.5. The highest BCUT2D eigenvalue weighted by Crippen LogP contribution is 2.21. The molecule has 3 saturated heterocycles. The minimum atomic E-state index is 0.150. The van der Waals surface area contributed by atoms with Gasteiger partial charge in [0, 0.05) is 32.8 Å². The van der Waals surface area contributed by atoms with Gasteiger partial charge in [-0.3, -0.25) is 4.90 Å². The molecule has 2 unspecified atom stereocenters. The summed E-state index contributed by atoms with van der Waals surface area (Å²) in [5.74, 6) is 1.87. The first-order valence-electron chi connectivity index (χ1n) is 12.3. The van der Waals surface area contributed by atoms with Gasteiger partial charge >= 0.3 is 0 Å². The Bertz CT molecular complexity index is 694. The fraction of sp³-hybridized carbons (Fsp3) is 0.720. The van der Waals surface area contributed by atoms with Crippen molar-refractivity contribution < 1.29 is 9.47 Å². The fourth-order valence-corrected chi connectivity index (χ4v) is 4.81. The Kier molecular flexibility index (Phi) is 8.22. The average molecular weight is 429 g/mol. The molecule has 0 saturated carbocycles. The first-order valence-corrected chi connectivity index (χ1v) is 12.3. The molecule has 6 nitrogen and oxygen atoms in total. The van der Waals surface area contributed by atoms with Crippen molar-refractivity contribution in [3.63, 3.8) is 0 Å². The Labute approximate surface area is 188 Å². The van der Waals surface area contributed by atoms with Gasteiger partial charge < -0.3 is 19.7 Å². The largest absolute Gasteiger partial charge is 0.375 e. The third kappa shape index (κ3) is 6.43. The first-order chi connectivity index (χ1) is 15.2. The molecule has 0 amide bonds. The molecular weight excluding hydrogens is 388 g/mol. The molecule has 0 spiro atoms. The van der Waals surface area contributed by atoms with Crippen LogP contribution in [0.15, 0.2) is 29.3 Å². The van der Waals surface area contributed by atoms with Crippen molar-refractivity contribution in [2.75, 3.05) is 45.9 Å². The predicted octanol–water partition coefficient (Wildman–Crippen LogP) is 3.26. The minimum absolute atomic E-state index is 0.150. The summed E-state index contributed by atoms with van der Waals surface area (Å²) in [7, 11) is 0. The van der Waals surface area contributed by atoms with Crippen LogP contribution in [0.5, 0.6) is 0 Å². The molecule has 3 heterocycles. The average Bonchev–Trinajstić information content (AvgIpc) is 3.34. The summed E-state index contributed by atoms with van der Waals surface area (Å²) in [6.45, 7) is 12.9. The number of nitrogens with zero attached hydrogens (tertiary/aromatic N) is 3. The number of benzene rings is 1. The van der Waals surface area contributed by atoms with Crippen LogP contribution in [-0.2, 0) is 22.6 Å². The number of likely N-dealkylation sites (tertiary alicyclic amines) is 1. The van der Waals surface area contributed by atoms with E-state index in [1.807, 2.05) is 0 Å². The van der Waals surface area contributed by atoms with Crippen LogP contribution in [0, 0.1) is 5.92 Å². The molecule has 1 N–H and O–H groups in total. The lowest BCUT2D eigenvalue weighted by atomic mass is 9.99. The number of nitrogens with one attached hydrogen (secondary N) is 1. The van der Waals surface area contributed by atoms with Crippen LogP contribution in [0.4, 0.5) is 0 Å². The van der Waals surface area contributed by atoms with E-state index in [0.717, 1.165) is 64.1 Å². The summed E-state index contributed by atoms with van der Waals surface area (Å²) in [6, 6.07) is 9.03. The van der Waals surface area contributed by atoms with Gasteiger partial charge in [0.05, 0.1) is 19.3 Å². The lowest BCUT2D eigenvalue weighted by Crippen LogP contribution is -2.53. The van der Waals surface area contributed by atoms with E-state index in [-0.39, 0.29) is 12.2 Å². The smallest absolute Gasteiger partial charge is 0.194 e. The topological polar surface area (TPSA) is 49.3 Å². The van der Waals surface area contributed by atoms with Gasteiger partial charge in [-0.1, -0.05) is 31.2 Å². The Hall–Kier alpha value is -1.63. The van der Waals surface area contributed by atoms with Crippen LogP contribution in [-0.4, -0.2) is 73.9 Å². The van der Waals surface area contributed by atoms with Gasteiger partial charge in [-0.25, -0.2) is 4.99 Å². The van der Waals surface area contributed by atoms with E-state index in [1.165, 1.54) is 37.1 Å². The highest BCUT2D eigenvalue weighted by Gasteiger charge is 2.32. The van der Waals surface area contributed by atoms with E-state index in [0.29, 0.717) is 6.54 Å². The number of aliphatic imine (C=N–C) groups is 1. The highest BCUT2D eigenvalue weighted by atomic mass is 16.5. The molecule has 31 heavy (non-hydrogen) atoms. The molecule has 0 radical (unpaired) electrons. The second-order valence-corrected chi connectivity index (χ2v) is 9.35. The predicted molar refractivity (Wildman–Crippen MR) is 125 cm³/mol. The van der Waals surface area contributed by atoms with Gasteiger partial charge in [0.2, 0.25) is 0 Å². The molecule has 6 heteroatoms. The summed E-state index contributed by atoms with van der Waals surface area (Å²) >= 11 is 0. The quantitative estimate of drug-likeness (QED) is 0.557. The van der Waals surface area contributed by atoms with Gasteiger partial charge in [-0.05, 0) is 62.7 Å². The van der Waals surface area contributed by atoms with E-state index < -0.39 is 0 Å². The van der Waals surface area contributed by atoms with Crippen LogP contribution in [0.2, 0.25) is 0 Å². The van der Waals surface area contributed by atoms with Crippen molar-refractivity contribution in [1.29, 1.82) is 0 Å². The second kappa shape index (κ2) is 11.3. The van der Waals surface area contributed by atoms with Gasteiger partial charge in [-0.2, -0.15) is 0 Å². The molecule has 2 atom stereocenters. The van der Waals surface area contributed by atoms with Crippen LogP contribution in [0.3, 0.4) is 0 Å². The van der Waals surface area contributed by atoms with Crippen LogP contribution in [0.25, 0.3) is 0 Å². The number of hydrogen-bond acceptors (Lipinski definition) is 4. The van der Waals surface area contributed by atoms with E-state index in [9.17, 15) is 0 Å². The monoisotopic (exact) mass is 428 g/mol. The molecule has 1 aromatic rings. The standard InChI is InChI=1S/C25H40N4O2/c1-3-26-25(29-14-16-31-24(19-29)23-5-4-15-30-23)27-17-21-6-8-22(9-7-21)18-28-12-10-20(2)11-13-28/h6-9,20,23-24H,3-5,10-19H2,1-2H3,(H,26,27). The number of guanidine groups is 1. The molecule has 3 aliphatic rings. The normalized spacial score (nSPS) is 26.4. The van der Waals surface area contributed by atoms with Crippen LogP contribution in [0.1, 0.15) is 50.7 Å². The maximum Gasteiger partial charge on any atom is 0.194 e. The Balaban J connectivity index is 1.32. The van der Waals surface area contributed by atoms with E-state index in [1.54, 1.807) is 0 Å². The summed E-state index contributed by atoms with van der Waals surface area (Å²) < 4.78 is 11.9. The van der Waals surface area contributed by atoms with Crippen LogP contribution >= 0.6 is 0 Å². The van der Waals surface area contributed by atoms with Crippen molar-refractivity contribution in [3.8, 4) is 0 Å². The molecule has 3 fully saturated rings. The molecule has 1 aromatic carbocycles. The van der Waals surface area contributed by atoms with E-state index >= 15 is 0 Å². The van der Waals surface area contributed by atoms with Gasteiger partial charge in [0.25, 0.3) is 0 Å². The lowest BCUT2D eigenvalue weighted by Gasteiger charge is -2.37. The third-order valence-corrected chi connectivity index (χ3v) is 6.82. The first kappa shape index (κ1) is 22.6. The third-order valence-electron chi connectivity index (χ3n) is 6.82.